The third kappa shape index (κ3) is 6.73. The molecule has 2 aromatic carbocycles. The summed E-state index contributed by atoms with van der Waals surface area (Å²) >= 11 is 1.64. The van der Waals surface area contributed by atoms with Crippen LogP contribution in [0.2, 0.25) is 0 Å². The normalized spacial score (nSPS) is 12.9. The van der Waals surface area contributed by atoms with Crippen molar-refractivity contribution in [2.75, 3.05) is 18.6 Å². The summed E-state index contributed by atoms with van der Waals surface area (Å²) in [7, 11) is 0. The molecule has 0 heterocycles. The molecule has 0 spiro atoms. The summed E-state index contributed by atoms with van der Waals surface area (Å²) in [5, 5.41) is 5.72. The Balaban J connectivity index is 1.97. The number of benzene rings is 2. The summed E-state index contributed by atoms with van der Waals surface area (Å²) in [6.45, 7) is 2.25. The topological polar surface area (TPSA) is 84.2 Å². The highest BCUT2D eigenvalue weighted by Gasteiger charge is 2.21. The first-order valence-electron chi connectivity index (χ1n) is 8.96. The Morgan fingerprint density at radius 2 is 1.85 bits per heavy atom. The number of amides is 2. The zero-order chi connectivity index (χ0) is 19.6. The molecule has 144 valence electrons. The van der Waals surface area contributed by atoms with E-state index in [2.05, 4.69) is 10.6 Å². The Morgan fingerprint density at radius 1 is 1.11 bits per heavy atom. The van der Waals surface area contributed by atoms with Gasteiger partial charge in [0.25, 0.3) is 5.91 Å². The van der Waals surface area contributed by atoms with Crippen LogP contribution in [0.3, 0.4) is 0 Å². The van der Waals surface area contributed by atoms with Crippen LogP contribution >= 0.6 is 11.8 Å². The number of thioether (sulfide) groups is 1. The van der Waals surface area contributed by atoms with Crippen molar-refractivity contribution < 1.29 is 9.59 Å². The van der Waals surface area contributed by atoms with Gasteiger partial charge in [-0.05, 0) is 43.0 Å². The molecule has 0 saturated carbocycles. The van der Waals surface area contributed by atoms with Crippen molar-refractivity contribution in [3.63, 3.8) is 0 Å². The van der Waals surface area contributed by atoms with Crippen LogP contribution in [0.5, 0.6) is 0 Å². The van der Waals surface area contributed by atoms with Gasteiger partial charge in [-0.15, -0.1) is 0 Å². The van der Waals surface area contributed by atoms with E-state index in [0.717, 1.165) is 16.9 Å². The Morgan fingerprint density at radius 3 is 2.52 bits per heavy atom. The number of hydrogen-bond donors (Lipinski definition) is 3. The maximum Gasteiger partial charge on any atom is 0.251 e. The Labute approximate surface area is 165 Å². The number of nitrogens with one attached hydrogen (secondary N) is 2. The largest absolute Gasteiger partial charge is 0.352 e. The third-order valence-electron chi connectivity index (χ3n) is 4.24. The van der Waals surface area contributed by atoms with Crippen LogP contribution in [-0.2, 0) is 4.79 Å². The van der Waals surface area contributed by atoms with Crippen molar-refractivity contribution in [2.45, 2.75) is 25.4 Å². The lowest BCUT2D eigenvalue weighted by molar-refractivity contribution is -0.123. The molecule has 0 aliphatic rings. The van der Waals surface area contributed by atoms with Crippen LogP contribution in [0.4, 0.5) is 0 Å². The van der Waals surface area contributed by atoms with Crippen molar-refractivity contribution in [1.82, 2.24) is 10.6 Å². The molecule has 2 unspecified atom stereocenters. The first-order chi connectivity index (χ1) is 13.0. The van der Waals surface area contributed by atoms with Gasteiger partial charge >= 0.3 is 0 Å². The summed E-state index contributed by atoms with van der Waals surface area (Å²) < 4.78 is 0. The van der Waals surface area contributed by atoms with Crippen molar-refractivity contribution in [1.29, 1.82) is 0 Å². The second-order valence-corrected chi connectivity index (χ2v) is 7.42. The molecular formula is C21H27N3O2S. The van der Waals surface area contributed by atoms with Gasteiger partial charge in [-0.2, -0.15) is 11.8 Å². The average Bonchev–Trinajstić information content (AvgIpc) is 2.69. The van der Waals surface area contributed by atoms with Crippen molar-refractivity contribution in [2.24, 2.45) is 5.73 Å². The van der Waals surface area contributed by atoms with Crippen LogP contribution in [0.15, 0.2) is 54.6 Å². The highest BCUT2D eigenvalue weighted by molar-refractivity contribution is 7.98. The van der Waals surface area contributed by atoms with Crippen LogP contribution in [0.1, 0.15) is 33.9 Å². The molecule has 0 aliphatic carbocycles. The molecule has 0 aromatic heterocycles. The van der Waals surface area contributed by atoms with E-state index in [4.69, 9.17) is 5.73 Å². The van der Waals surface area contributed by atoms with E-state index in [0.29, 0.717) is 18.5 Å². The molecular weight excluding hydrogens is 358 g/mol. The van der Waals surface area contributed by atoms with E-state index >= 15 is 0 Å². The van der Waals surface area contributed by atoms with Gasteiger partial charge in [0.1, 0.15) is 6.04 Å². The molecule has 0 fully saturated rings. The van der Waals surface area contributed by atoms with Gasteiger partial charge in [-0.1, -0.05) is 48.0 Å². The first kappa shape index (κ1) is 21.0. The van der Waals surface area contributed by atoms with E-state index in [1.54, 1.807) is 17.8 Å². The predicted molar refractivity (Wildman–Crippen MR) is 112 cm³/mol. The number of carbonyl (C=O) groups is 2. The highest BCUT2D eigenvalue weighted by atomic mass is 32.2. The fraction of sp³-hybridized carbons (Fsp3) is 0.333. The molecule has 5 nitrogen and oxygen atoms in total. The molecule has 2 aromatic rings. The molecule has 27 heavy (non-hydrogen) atoms. The standard InChI is InChI=1S/C21H27N3O2S/c1-15-7-6-10-17(13-15)20(25)24-19(11-12-27-2)21(26)23-14-18(22)16-8-4-3-5-9-16/h3-10,13,18-19H,11-12,14,22H2,1-2H3,(H,23,26)(H,24,25). The van der Waals surface area contributed by atoms with Crippen molar-refractivity contribution >= 4 is 23.6 Å². The van der Waals surface area contributed by atoms with Gasteiger partial charge in [0.05, 0.1) is 0 Å². The quantitative estimate of drug-likeness (QED) is 0.620. The van der Waals surface area contributed by atoms with Gasteiger partial charge in [0.2, 0.25) is 5.91 Å². The molecule has 0 saturated heterocycles. The summed E-state index contributed by atoms with van der Waals surface area (Å²) in [5.41, 5.74) is 8.66. The summed E-state index contributed by atoms with van der Waals surface area (Å²) in [6.07, 6.45) is 2.54. The molecule has 2 rings (SSSR count). The van der Waals surface area contributed by atoms with Crippen LogP contribution in [0, 0.1) is 6.92 Å². The minimum Gasteiger partial charge on any atom is -0.352 e. The SMILES string of the molecule is CSCCC(NC(=O)c1cccc(C)c1)C(=O)NCC(N)c1ccccc1. The van der Waals surface area contributed by atoms with Crippen LogP contribution in [0.25, 0.3) is 0 Å². The number of rotatable bonds is 9. The molecule has 2 atom stereocenters. The number of nitrogens with two attached hydrogens (primary N) is 1. The number of carbonyl (C=O) groups excluding carboxylic acids is 2. The fourth-order valence-corrected chi connectivity index (χ4v) is 3.16. The van der Waals surface area contributed by atoms with E-state index in [-0.39, 0.29) is 17.9 Å². The lowest BCUT2D eigenvalue weighted by Gasteiger charge is -2.20. The van der Waals surface area contributed by atoms with E-state index in [9.17, 15) is 9.59 Å². The Kier molecular flexibility index (Phi) is 8.36. The summed E-state index contributed by atoms with van der Waals surface area (Å²) in [4.78, 5) is 25.1. The summed E-state index contributed by atoms with van der Waals surface area (Å²) in [5.74, 6) is 0.320. The number of hydrogen-bond acceptors (Lipinski definition) is 4. The highest BCUT2D eigenvalue weighted by Crippen LogP contribution is 2.09. The summed E-state index contributed by atoms with van der Waals surface area (Å²) in [6, 6.07) is 16.1. The fourth-order valence-electron chi connectivity index (χ4n) is 2.68. The zero-order valence-corrected chi connectivity index (χ0v) is 16.6. The second kappa shape index (κ2) is 10.7. The molecule has 2 amide bonds. The van der Waals surface area contributed by atoms with E-state index in [1.165, 1.54) is 0 Å². The zero-order valence-electron chi connectivity index (χ0n) is 15.8. The van der Waals surface area contributed by atoms with E-state index in [1.807, 2.05) is 61.7 Å². The molecule has 0 radical (unpaired) electrons. The molecule has 0 bridgehead atoms. The van der Waals surface area contributed by atoms with Crippen LogP contribution < -0.4 is 16.4 Å². The van der Waals surface area contributed by atoms with E-state index < -0.39 is 6.04 Å². The van der Waals surface area contributed by atoms with Gasteiger partial charge in [0.15, 0.2) is 0 Å². The van der Waals surface area contributed by atoms with Crippen molar-refractivity contribution in [3.05, 3.63) is 71.3 Å². The van der Waals surface area contributed by atoms with Crippen LogP contribution in [-0.4, -0.2) is 36.4 Å². The maximum atomic E-state index is 12.6. The first-order valence-corrected chi connectivity index (χ1v) is 10.4. The van der Waals surface area contributed by atoms with Gasteiger partial charge in [-0.3, -0.25) is 9.59 Å². The number of aryl methyl sites for hydroxylation is 1. The minimum absolute atomic E-state index is 0.212. The smallest absolute Gasteiger partial charge is 0.251 e. The Bertz CT molecular complexity index is 752. The molecule has 6 heteroatoms. The van der Waals surface area contributed by atoms with Gasteiger partial charge in [0, 0.05) is 18.2 Å². The molecule has 0 aliphatic heterocycles. The lowest BCUT2D eigenvalue weighted by atomic mass is 10.1. The van der Waals surface area contributed by atoms with Gasteiger partial charge < -0.3 is 16.4 Å². The van der Waals surface area contributed by atoms with Gasteiger partial charge in [-0.25, -0.2) is 0 Å². The predicted octanol–water partition coefficient (Wildman–Crippen LogP) is 2.66. The minimum atomic E-state index is -0.589. The monoisotopic (exact) mass is 385 g/mol. The van der Waals surface area contributed by atoms with Crippen molar-refractivity contribution in [3.8, 4) is 0 Å². The second-order valence-electron chi connectivity index (χ2n) is 6.44. The Hall–Kier alpha value is -2.31. The third-order valence-corrected chi connectivity index (χ3v) is 4.88. The lowest BCUT2D eigenvalue weighted by Crippen LogP contribution is -2.48. The maximum absolute atomic E-state index is 12.6. The average molecular weight is 386 g/mol. The molecule has 4 N–H and O–H groups in total.